The van der Waals surface area contributed by atoms with Crippen LogP contribution >= 0.6 is 11.3 Å². The van der Waals surface area contributed by atoms with Gasteiger partial charge in [0.2, 0.25) is 0 Å². The molecule has 8 heteroatoms. The number of ether oxygens (including phenoxy) is 1. The molecule has 158 valence electrons. The first kappa shape index (κ1) is 21.5. The van der Waals surface area contributed by atoms with E-state index in [0.717, 1.165) is 37.0 Å². The molecule has 1 atom stereocenters. The summed E-state index contributed by atoms with van der Waals surface area (Å²) < 4.78 is 5.21. The number of rotatable bonds is 7. The third kappa shape index (κ3) is 5.68. The normalized spacial score (nSPS) is 16.2. The molecule has 1 aliphatic rings. The Kier molecular flexibility index (Phi) is 7.10. The fourth-order valence-electron chi connectivity index (χ4n) is 3.20. The molecule has 1 aromatic heterocycles. The molecule has 3 rings (SSSR count). The molecule has 7 nitrogen and oxygen atoms in total. The van der Waals surface area contributed by atoms with Crippen LogP contribution in [0.1, 0.15) is 41.6 Å². The van der Waals surface area contributed by atoms with Gasteiger partial charge in [0.05, 0.1) is 18.4 Å². The Morgan fingerprint density at radius 1 is 1.28 bits per heavy atom. The number of hydrogen-bond acceptors (Lipinski definition) is 8. The Hall–Kier alpha value is -2.16. The second-order valence-corrected chi connectivity index (χ2v) is 8.68. The maximum Gasteiger partial charge on any atom is 0.341 e. The lowest BCUT2D eigenvalue weighted by Crippen LogP contribution is -2.47. The molecule has 1 saturated heterocycles. The van der Waals surface area contributed by atoms with Gasteiger partial charge in [0.25, 0.3) is 0 Å². The Morgan fingerprint density at radius 3 is 2.62 bits per heavy atom. The number of carbonyl (C=O) groups is 1. The molecule has 0 saturated carbocycles. The van der Waals surface area contributed by atoms with E-state index < -0.39 is 12.1 Å². The van der Waals surface area contributed by atoms with E-state index in [1.165, 1.54) is 12.1 Å². The van der Waals surface area contributed by atoms with Gasteiger partial charge in [-0.15, -0.1) is 11.3 Å². The zero-order chi connectivity index (χ0) is 21.0. The number of thiazole rings is 1. The van der Waals surface area contributed by atoms with Crippen molar-refractivity contribution in [2.24, 2.45) is 5.92 Å². The van der Waals surface area contributed by atoms with E-state index in [9.17, 15) is 15.0 Å². The molecule has 0 amide bonds. The van der Waals surface area contributed by atoms with Gasteiger partial charge in [0, 0.05) is 38.1 Å². The average Bonchev–Trinajstić information content (AvgIpc) is 3.13. The van der Waals surface area contributed by atoms with Crippen molar-refractivity contribution in [1.82, 2.24) is 9.88 Å². The third-order valence-electron chi connectivity index (χ3n) is 4.85. The SMILES string of the molecule is Cc1csc(N2CCN(CC(O)c3ccc(O)c(C(=O)OCC(C)C)c3)CC2)n1. The maximum atomic E-state index is 12.2. The number of hydrogen-bond donors (Lipinski definition) is 2. The predicted molar refractivity (Wildman–Crippen MR) is 114 cm³/mol. The molecule has 1 aromatic carbocycles. The number of nitrogens with zero attached hydrogens (tertiary/aromatic N) is 3. The van der Waals surface area contributed by atoms with Gasteiger partial charge in [0.1, 0.15) is 11.3 Å². The standard InChI is InChI=1S/C21H29N3O4S/c1-14(2)12-28-20(27)17-10-16(4-5-18(17)25)19(26)11-23-6-8-24(9-7-23)21-22-15(3)13-29-21/h4-5,10,13-14,19,25-26H,6-9,11-12H2,1-3H3. The Labute approximate surface area is 175 Å². The number of aryl methyl sites for hydroxylation is 1. The van der Waals surface area contributed by atoms with Crippen LogP contribution in [-0.4, -0.2) is 65.4 Å². The van der Waals surface area contributed by atoms with Crippen LogP contribution in [0.5, 0.6) is 5.75 Å². The number of aliphatic hydroxyl groups excluding tert-OH is 1. The summed E-state index contributed by atoms with van der Waals surface area (Å²) in [7, 11) is 0. The van der Waals surface area contributed by atoms with Gasteiger partial charge < -0.3 is 19.8 Å². The van der Waals surface area contributed by atoms with Crippen molar-refractivity contribution in [2.75, 3.05) is 44.2 Å². The summed E-state index contributed by atoms with van der Waals surface area (Å²) in [5, 5.41) is 23.8. The first-order valence-electron chi connectivity index (χ1n) is 9.91. The van der Waals surface area contributed by atoms with E-state index in [2.05, 4.69) is 20.2 Å². The molecule has 2 heterocycles. The average molecular weight is 420 g/mol. The lowest BCUT2D eigenvalue weighted by molar-refractivity contribution is 0.0455. The highest BCUT2D eigenvalue weighted by molar-refractivity contribution is 7.13. The molecule has 2 N–H and O–H groups in total. The first-order chi connectivity index (χ1) is 13.8. The third-order valence-corrected chi connectivity index (χ3v) is 5.87. The summed E-state index contributed by atoms with van der Waals surface area (Å²) in [5.74, 6) is -0.499. The van der Waals surface area contributed by atoms with Gasteiger partial charge in [-0.2, -0.15) is 0 Å². The van der Waals surface area contributed by atoms with Crippen LogP contribution < -0.4 is 4.90 Å². The summed E-state index contributed by atoms with van der Waals surface area (Å²) in [6.07, 6.45) is -0.749. The Bertz CT molecular complexity index is 831. The summed E-state index contributed by atoms with van der Waals surface area (Å²) in [6.45, 7) is 10.0. The maximum absolute atomic E-state index is 12.2. The zero-order valence-electron chi connectivity index (χ0n) is 17.2. The largest absolute Gasteiger partial charge is 0.507 e. The highest BCUT2D eigenvalue weighted by atomic mass is 32.1. The van der Waals surface area contributed by atoms with Crippen LogP contribution in [0, 0.1) is 12.8 Å². The van der Waals surface area contributed by atoms with Crippen LogP contribution in [-0.2, 0) is 4.74 Å². The molecule has 2 aromatic rings. The molecule has 1 unspecified atom stereocenters. The number of phenols is 1. The quantitative estimate of drug-likeness (QED) is 0.668. The lowest BCUT2D eigenvalue weighted by atomic mass is 10.0. The van der Waals surface area contributed by atoms with Crippen molar-refractivity contribution in [3.8, 4) is 5.75 Å². The van der Waals surface area contributed by atoms with Gasteiger partial charge in [-0.25, -0.2) is 9.78 Å². The number of benzene rings is 1. The van der Waals surface area contributed by atoms with Crippen molar-refractivity contribution < 1.29 is 19.7 Å². The minimum Gasteiger partial charge on any atom is -0.507 e. The fourth-order valence-corrected chi connectivity index (χ4v) is 4.06. The molecule has 1 fully saturated rings. The van der Waals surface area contributed by atoms with E-state index >= 15 is 0 Å². The topological polar surface area (TPSA) is 86.1 Å². The lowest BCUT2D eigenvalue weighted by Gasteiger charge is -2.35. The monoisotopic (exact) mass is 419 g/mol. The van der Waals surface area contributed by atoms with E-state index in [1.807, 2.05) is 20.8 Å². The Balaban J connectivity index is 1.57. The van der Waals surface area contributed by atoms with Gasteiger partial charge in [-0.05, 0) is 30.5 Å². The number of phenolic OH excluding ortho intramolecular Hbond substituents is 1. The van der Waals surface area contributed by atoms with Crippen LogP contribution in [0.2, 0.25) is 0 Å². The summed E-state index contributed by atoms with van der Waals surface area (Å²) in [6, 6.07) is 4.61. The molecule has 0 aliphatic carbocycles. The number of esters is 1. The molecular weight excluding hydrogens is 390 g/mol. The van der Waals surface area contributed by atoms with Crippen LogP contribution in [0.15, 0.2) is 23.6 Å². The van der Waals surface area contributed by atoms with Crippen LogP contribution in [0.4, 0.5) is 5.13 Å². The minimum absolute atomic E-state index is 0.0890. The van der Waals surface area contributed by atoms with Crippen LogP contribution in [0.25, 0.3) is 0 Å². The highest BCUT2D eigenvalue weighted by Gasteiger charge is 2.23. The smallest absolute Gasteiger partial charge is 0.341 e. The molecule has 0 bridgehead atoms. The number of aliphatic hydroxyl groups is 1. The number of carbonyl (C=O) groups excluding carboxylic acids is 1. The number of anilines is 1. The minimum atomic E-state index is -0.749. The van der Waals surface area contributed by atoms with Gasteiger partial charge in [0.15, 0.2) is 5.13 Å². The zero-order valence-corrected chi connectivity index (χ0v) is 18.0. The first-order valence-corrected chi connectivity index (χ1v) is 10.8. The summed E-state index contributed by atoms with van der Waals surface area (Å²) in [4.78, 5) is 21.2. The number of aromatic hydroxyl groups is 1. The van der Waals surface area contributed by atoms with Gasteiger partial charge >= 0.3 is 5.97 Å². The molecule has 1 aliphatic heterocycles. The van der Waals surface area contributed by atoms with Crippen molar-refractivity contribution in [1.29, 1.82) is 0 Å². The van der Waals surface area contributed by atoms with Gasteiger partial charge in [-0.1, -0.05) is 19.9 Å². The van der Waals surface area contributed by atoms with Crippen molar-refractivity contribution in [3.05, 3.63) is 40.4 Å². The van der Waals surface area contributed by atoms with Crippen molar-refractivity contribution in [2.45, 2.75) is 26.9 Å². The fraction of sp³-hybridized carbons (Fsp3) is 0.524. The number of piperazine rings is 1. The van der Waals surface area contributed by atoms with Crippen molar-refractivity contribution >= 4 is 22.4 Å². The van der Waals surface area contributed by atoms with E-state index in [4.69, 9.17) is 4.74 Å². The highest BCUT2D eigenvalue weighted by Crippen LogP contribution is 2.25. The second-order valence-electron chi connectivity index (χ2n) is 7.84. The molecule has 29 heavy (non-hydrogen) atoms. The van der Waals surface area contributed by atoms with E-state index in [0.29, 0.717) is 12.1 Å². The molecule has 0 radical (unpaired) electrons. The second kappa shape index (κ2) is 9.56. The van der Waals surface area contributed by atoms with Crippen LogP contribution in [0.3, 0.4) is 0 Å². The predicted octanol–water partition coefficient (Wildman–Crippen LogP) is 2.83. The van der Waals surface area contributed by atoms with Gasteiger partial charge in [-0.3, -0.25) is 4.90 Å². The number of β-amino-alcohol motifs (C(OH)–C–C–N with tert-alkyl or cyclic N) is 1. The van der Waals surface area contributed by atoms with E-state index in [-0.39, 0.29) is 23.8 Å². The number of aromatic nitrogens is 1. The molecular formula is C21H29N3O4S. The summed E-state index contributed by atoms with van der Waals surface area (Å²) in [5.41, 5.74) is 1.72. The molecule has 0 spiro atoms. The summed E-state index contributed by atoms with van der Waals surface area (Å²) >= 11 is 1.66. The van der Waals surface area contributed by atoms with E-state index in [1.54, 1.807) is 17.4 Å². The Morgan fingerprint density at radius 2 is 2.00 bits per heavy atom. The van der Waals surface area contributed by atoms with Crippen molar-refractivity contribution in [3.63, 3.8) is 0 Å².